The normalized spacial score (nSPS) is 9.97. The molecule has 0 saturated heterocycles. The summed E-state index contributed by atoms with van der Waals surface area (Å²) in [5.74, 6) is -1.42. The average Bonchev–Trinajstić information content (AvgIpc) is 3.25. The lowest BCUT2D eigenvalue weighted by Gasteiger charge is -2.12. The summed E-state index contributed by atoms with van der Waals surface area (Å²) in [4.78, 5) is 27.6. The first-order chi connectivity index (χ1) is 16.1. The Morgan fingerprint density at radius 1 is 1.03 bits per heavy atom. The SMILES string of the molecule is C.C.CC.Cc1ccc(NS(C)(=O)=O)c(F)c1C(=O)c1c[nH]c2ncc(C)c(C)c12.c1cncnc1. The maximum absolute atomic E-state index is 14.9. The van der Waals surface area contributed by atoms with Crippen molar-refractivity contribution in [2.24, 2.45) is 0 Å². The minimum absolute atomic E-state index is 0. The van der Waals surface area contributed by atoms with E-state index in [4.69, 9.17) is 0 Å². The standard InChI is InChI=1S/C18H18FN3O3S.C4H4N2.C2H6.2CH4/c1-9-5-6-13(22-26(4,24)25)16(19)14(9)17(23)12-8-21-18-15(12)11(3)10(2)7-20-18;1-2-5-4-6-3-1;1-2;;/h5-8,22H,1-4H3,(H,20,21);1-4H;1-2H3;2*1H4. The number of nitrogens with one attached hydrogen (secondary N) is 2. The molecule has 3 aromatic heterocycles. The Balaban J connectivity index is 0.00000106. The number of aromatic nitrogens is 4. The highest BCUT2D eigenvalue weighted by Gasteiger charge is 2.24. The Labute approximate surface area is 213 Å². The first kappa shape index (κ1) is 32.3. The van der Waals surface area contributed by atoms with E-state index in [1.54, 1.807) is 31.6 Å². The monoisotopic (exact) mass is 517 g/mol. The summed E-state index contributed by atoms with van der Waals surface area (Å²) in [6, 6.07) is 4.59. The Morgan fingerprint density at radius 2 is 1.64 bits per heavy atom. The van der Waals surface area contributed by atoms with Gasteiger partial charge in [0.05, 0.1) is 17.5 Å². The topological polar surface area (TPSA) is 118 Å². The van der Waals surface area contributed by atoms with E-state index in [2.05, 4.69) is 24.7 Å². The predicted molar refractivity (Wildman–Crippen MR) is 145 cm³/mol. The van der Waals surface area contributed by atoms with Crippen molar-refractivity contribution in [2.45, 2.75) is 49.5 Å². The van der Waals surface area contributed by atoms with Crippen LogP contribution in [0.15, 0.2) is 49.3 Å². The summed E-state index contributed by atoms with van der Waals surface area (Å²) in [5.41, 5.74) is 2.62. The zero-order chi connectivity index (χ0) is 25.5. The van der Waals surface area contributed by atoms with Crippen molar-refractivity contribution < 1.29 is 17.6 Å². The van der Waals surface area contributed by atoms with Gasteiger partial charge in [0.15, 0.2) is 11.6 Å². The Hall–Kier alpha value is -3.66. The van der Waals surface area contributed by atoms with E-state index in [1.165, 1.54) is 24.7 Å². The lowest BCUT2D eigenvalue weighted by Crippen LogP contribution is -2.14. The summed E-state index contributed by atoms with van der Waals surface area (Å²) < 4.78 is 39.9. The lowest BCUT2D eigenvalue weighted by atomic mass is 9.96. The highest BCUT2D eigenvalue weighted by Crippen LogP contribution is 2.29. The van der Waals surface area contributed by atoms with Gasteiger partial charge >= 0.3 is 0 Å². The molecule has 0 aliphatic rings. The second-order valence-corrected chi connectivity index (χ2v) is 8.97. The summed E-state index contributed by atoms with van der Waals surface area (Å²) >= 11 is 0. The third-order valence-electron chi connectivity index (χ3n) is 4.81. The molecule has 0 atom stereocenters. The van der Waals surface area contributed by atoms with E-state index in [-0.39, 0.29) is 26.1 Å². The van der Waals surface area contributed by atoms with Gasteiger partial charge < -0.3 is 4.98 Å². The molecule has 0 aliphatic heterocycles. The number of aromatic amines is 1. The van der Waals surface area contributed by atoms with E-state index in [0.29, 0.717) is 22.2 Å². The molecule has 8 nitrogen and oxygen atoms in total. The second-order valence-electron chi connectivity index (χ2n) is 7.22. The summed E-state index contributed by atoms with van der Waals surface area (Å²) in [6.45, 7) is 9.35. The van der Waals surface area contributed by atoms with E-state index >= 15 is 0 Å². The van der Waals surface area contributed by atoms with Crippen LogP contribution in [0, 0.1) is 26.6 Å². The zero-order valence-electron chi connectivity index (χ0n) is 20.0. The van der Waals surface area contributed by atoms with Crippen LogP contribution in [0.25, 0.3) is 11.0 Å². The molecular formula is C26H36FN5O3S. The summed E-state index contributed by atoms with van der Waals surface area (Å²) in [5, 5.41) is 0.635. The molecule has 0 unspecified atom stereocenters. The number of ketones is 1. The summed E-state index contributed by atoms with van der Waals surface area (Å²) in [7, 11) is -3.67. The Bertz CT molecular complexity index is 1360. The number of carbonyl (C=O) groups excluding carboxylic acids is 1. The molecule has 3 heterocycles. The van der Waals surface area contributed by atoms with Gasteiger partial charge in [0.2, 0.25) is 10.0 Å². The molecule has 0 fully saturated rings. The number of aryl methyl sites for hydroxylation is 3. The van der Waals surface area contributed by atoms with E-state index in [1.807, 2.05) is 27.7 Å². The first-order valence-electron chi connectivity index (χ1n) is 10.5. The van der Waals surface area contributed by atoms with Crippen LogP contribution in [-0.4, -0.2) is 40.4 Å². The van der Waals surface area contributed by atoms with Gasteiger partial charge in [-0.25, -0.2) is 27.8 Å². The van der Waals surface area contributed by atoms with Crippen molar-refractivity contribution in [3.63, 3.8) is 0 Å². The number of benzene rings is 1. The molecule has 4 aromatic rings. The Morgan fingerprint density at radius 3 is 2.14 bits per heavy atom. The second kappa shape index (κ2) is 14.0. The number of carbonyl (C=O) groups is 1. The molecule has 10 heteroatoms. The van der Waals surface area contributed by atoms with Crippen LogP contribution in [0.4, 0.5) is 10.1 Å². The van der Waals surface area contributed by atoms with Gasteiger partial charge in [0, 0.05) is 35.7 Å². The van der Waals surface area contributed by atoms with Gasteiger partial charge in [-0.05, 0) is 49.6 Å². The number of hydrogen-bond acceptors (Lipinski definition) is 6. The number of hydrogen-bond donors (Lipinski definition) is 2. The van der Waals surface area contributed by atoms with Crippen LogP contribution < -0.4 is 4.72 Å². The minimum Gasteiger partial charge on any atom is -0.345 e. The van der Waals surface area contributed by atoms with Crippen molar-refractivity contribution in [3.8, 4) is 0 Å². The quantitative estimate of drug-likeness (QED) is 0.320. The van der Waals surface area contributed by atoms with Crippen LogP contribution in [0.2, 0.25) is 0 Å². The molecule has 0 saturated carbocycles. The summed E-state index contributed by atoms with van der Waals surface area (Å²) in [6.07, 6.45) is 9.00. The van der Waals surface area contributed by atoms with Gasteiger partial charge in [-0.3, -0.25) is 9.52 Å². The first-order valence-corrected chi connectivity index (χ1v) is 12.4. The smallest absolute Gasteiger partial charge is 0.229 e. The minimum atomic E-state index is -3.67. The number of rotatable bonds is 4. The molecule has 0 spiro atoms. The molecule has 0 bridgehead atoms. The van der Waals surface area contributed by atoms with Crippen molar-refractivity contribution in [2.75, 3.05) is 11.0 Å². The van der Waals surface area contributed by atoms with Gasteiger partial charge in [-0.1, -0.05) is 34.8 Å². The number of anilines is 1. The van der Waals surface area contributed by atoms with E-state index < -0.39 is 21.6 Å². The Kier molecular flexibility index (Phi) is 12.6. The highest BCUT2D eigenvalue weighted by atomic mass is 32.2. The maximum atomic E-state index is 14.9. The van der Waals surface area contributed by atoms with E-state index in [9.17, 15) is 17.6 Å². The average molecular weight is 518 g/mol. The zero-order valence-corrected chi connectivity index (χ0v) is 20.8. The number of fused-ring (bicyclic) bond motifs is 1. The van der Waals surface area contributed by atoms with E-state index in [0.717, 1.165) is 17.4 Å². The van der Waals surface area contributed by atoms with Gasteiger partial charge in [0.1, 0.15) is 12.0 Å². The fourth-order valence-corrected chi connectivity index (χ4v) is 3.70. The molecule has 4 rings (SSSR count). The molecule has 0 amide bonds. The number of halogens is 1. The van der Waals surface area contributed by atoms with Crippen LogP contribution in [-0.2, 0) is 10.0 Å². The van der Waals surface area contributed by atoms with Crippen molar-refractivity contribution in [1.82, 2.24) is 19.9 Å². The van der Waals surface area contributed by atoms with Crippen molar-refractivity contribution in [3.05, 3.63) is 82.9 Å². The van der Waals surface area contributed by atoms with Crippen LogP contribution in [0.3, 0.4) is 0 Å². The molecule has 196 valence electrons. The van der Waals surface area contributed by atoms with Crippen molar-refractivity contribution in [1.29, 1.82) is 0 Å². The molecule has 2 N–H and O–H groups in total. The van der Waals surface area contributed by atoms with Gasteiger partial charge in [-0.15, -0.1) is 0 Å². The molecule has 1 aromatic carbocycles. The fraction of sp³-hybridized carbons (Fsp3) is 0.308. The predicted octanol–water partition coefficient (Wildman–Crippen LogP) is 6.00. The lowest BCUT2D eigenvalue weighted by molar-refractivity contribution is 0.103. The number of sulfonamides is 1. The third-order valence-corrected chi connectivity index (χ3v) is 5.40. The number of pyridine rings is 1. The highest BCUT2D eigenvalue weighted by molar-refractivity contribution is 7.92. The third kappa shape index (κ3) is 7.67. The maximum Gasteiger partial charge on any atom is 0.229 e. The number of H-pyrrole nitrogens is 1. The van der Waals surface area contributed by atoms with Crippen LogP contribution >= 0.6 is 0 Å². The van der Waals surface area contributed by atoms with Gasteiger partial charge in [-0.2, -0.15) is 0 Å². The van der Waals surface area contributed by atoms with Crippen molar-refractivity contribution >= 4 is 32.5 Å². The van der Waals surface area contributed by atoms with Crippen LogP contribution in [0.1, 0.15) is 61.3 Å². The fourth-order valence-electron chi connectivity index (χ4n) is 3.15. The molecule has 36 heavy (non-hydrogen) atoms. The number of nitrogens with zero attached hydrogens (tertiary/aromatic N) is 3. The molecule has 0 radical (unpaired) electrons. The van der Waals surface area contributed by atoms with Gasteiger partial charge in [0.25, 0.3) is 0 Å². The largest absolute Gasteiger partial charge is 0.345 e. The van der Waals surface area contributed by atoms with Crippen LogP contribution in [0.5, 0.6) is 0 Å². The molecule has 0 aliphatic carbocycles. The molecular weight excluding hydrogens is 481 g/mol.